The van der Waals surface area contributed by atoms with Crippen LogP contribution < -0.4 is 5.32 Å². The molecule has 0 aromatic carbocycles. The first-order valence-electron chi connectivity index (χ1n) is 6.14. The molecular formula is C12H25NO2S. The first-order chi connectivity index (χ1) is 7.22. The third-order valence-electron chi connectivity index (χ3n) is 3.18. The van der Waals surface area contributed by atoms with E-state index in [1.807, 2.05) is 6.92 Å². The SMILES string of the molecule is CC(C)CC1(CNC(C)CS(C)(=O)=O)CC1. The van der Waals surface area contributed by atoms with Crippen molar-refractivity contribution < 1.29 is 8.42 Å². The summed E-state index contributed by atoms with van der Waals surface area (Å²) in [5.41, 5.74) is 0.472. The summed E-state index contributed by atoms with van der Waals surface area (Å²) >= 11 is 0. The Labute approximate surface area is 99.9 Å². The Bertz CT molecular complexity index is 318. The van der Waals surface area contributed by atoms with E-state index in [1.165, 1.54) is 25.5 Å². The quantitative estimate of drug-likeness (QED) is 0.746. The van der Waals surface area contributed by atoms with Gasteiger partial charge in [0.15, 0.2) is 0 Å². The molecule has 0 aromatic heterocycles. The standard InChI is InChI=1S/C12H25NO2S/c1-10(2)7-12(5-6-12)9-13-11(3)8-16(4,14)15/h10-11,13H,5-9H2,1-4H3. The summed E-state index contributed by atoms with van der Waals surface area (Å²) in [4.78, 5) is 0. The van der Waals surface area contributed by atoms with Gasteiger partial charge in [-0.25, -0.2) is 8.42 Å². The summed E-state index contributed by atoms with van der Waals surface area (Å²) in [6.45, 7) is 7.42. The maximum Gasteiger partial charge on any atom is 0.148 e. The van der Waals surface area contributed by atoms with Gasteiger partial charge < -0.3 is 5.32 Å². The molecule has 4 heteroatoms. The molecule has 16 heavy (non-hydrogen) atoms. The molecule has 1 aliphatic rings. The summed E-state index contributed by atoms with van der Waals surface area (Å²) in [6, 6.07) is 0.0691. The summed E-state index contributed by atoms with van der Waals surface area (Å²) < 4.78 is 22.2. The van der Waals surface area contributed by atoms with E-state index in [4.69, 9.17) is 0 Å². The second kappa shape index (κ2) is 5.05. The summed E-state index contributed by atoms with van der Waals surface area (Å²) in [7, 11) is -2.86. The molecule has 0 aliphatic heterocycles. The second-order valence-electron chi connectivity index (χ2n) is 5.97. The smallest absolute Gasteiger partial charge is 0.148 e. The van der Waals surface area contributed by atoms with Crippen LogP contribution in [0.5, 0.6) is 0 Å². The van der Waals surface area contributed by atoms with Crippen LogP contribution in [0.2, 0.25) is 0 Å². The molecule has 1 rings (SSSR count). The molecule has 0 saturated heterocycles. The van der Waals surface area contributed by atoms with Crippen molar-refractivity contribution in [3.05, 3.63) is 0 Å². The molecule has 0 amide bonds. The average Bonchev–Trinajstić information content (AvgIpc) is 2.78. The van der Waals surface area contributed by atoms with E-state index >= 15 is 0 Å². The van der Waals surface area contributed by atoms with E-state index in [0.717, 1.165) is 12.5 Å². The van der Waals surface area contributed by atoms with Gasteiger partial charge in [-0.2, -0.15) is 0 Å². The average molecular weight is 247 g/mol. The number of hydrogen-bond acceptors (Lipinski definition) is 3. The second-order valence-corrected chi connectivity index (χ2v) is 8.16. The molecule has 0 bridgehead atoms. The van der Waals surface area contributed by atoms with Crippen molar-refractivity contribution in [2.75, 3.05) is 18.6 Å². The summed E-state index contributed by atoms with van der Waals surface area (Å²) in [6.07, 6.45) is 5.14. The van der Waals surface area contributed by atoms with Crippen LogP contribution >= 0.6 is 0 Å². The van der Waals surface area contributed by atoms with Gasteiger partial charge in [-0.3, -0.25) is 0 Å². The van der Waals surface area contributed by atoms with Crippen LogP contribution in [0.4, 0.5) is 0 Å². The lowest BCUT2D eigenvalue weighted by atomic mass is 9.94. The molecule has 96 valence electrons. The predicted octanol–water partition coefficient (Wildman–Crippen LogP) is 1.84. The number of nitrogens with one attached hydrogen (secondary N) is 1. The predicted molar refractivity (Wildman–Crippen MR) is 68.3 cm³/mol. The maximum atomic E-state index is 11.1. The first kappa shape index (κ1) is 14.0. The molecule has 0 spiro atoms. The lowest BCUT2D eigenvalue weighted by Gasteiger charge is -2.21. The monoisotopic (exact) mass is 247 g/mol. The van der Waals surface area contributed by atoms with Crippen molar-refractivity contribution in [3.8, 4) is 0 Å². The van der Waals surface area contributed by atoms with Gasteiger partial charge in [0.25, 0.3) is 0 Å². The third kappa shape index (κ3) is 5.30. The number of hydrogen-bond donors (Lipinski definition) is 1. The zero-order chi connectivity index (χ0) is 12.4. The van der Waals surface area contributed by atoms with Crippen LogP contribution in [0.15, 0.2) is 0 Å². The Morgan fingerprint density at radius 2 is 1.81 bits per heavy atom. The van der Waals surface area contributed by atoms with E-state index < -0.39 is 9.84 Å². The van der Waals surface area contributed by atoms with Crippen LogP contribution in [0.25, 0.3) is 0 Å². The van der Waals surface area contributed by atoms with Gasteiger partial charge >= 0.3 is 0 Å². The van der Waals surface area contributed by atoms with Gasteiger partial charge in [-0.05, 0) is 37.5 Å². The van der Waals surface area contributed by atoms with Crippen molar-refractivity contribution in [1.29, 1.82) is 0 Å². The molecule has 1 atom stereocenters. The third-order valence-corrected chi connectivity index (χ3v) is 4.28. The molecule has 1 saturated carbocycles. The first-order valence-corrected chi connectivity index (χ1v) is 8.20. The summed E-state index contributed by atoms with van der Waals surface area (Å²) in [5.74, 6) is 0.972. The fourth-order valence-corrected chi connectivity index (χ4v) is 3.43. The molecule has 1 aliphatic carbocycles. The highest BCUT2D eigenvalue weighted by Gasteiger charge is 2.42. The number of sulfone groups is 1. The Balaban J connectivity index is 2.29. The highest BCUT2D eigenvalue weighted by molar-refractivity contribution is 7.90. The Morgan fingerprint density at radius 1 is 1.25 bits per heavy atom. The lowest BCUT2D eigenvalue weighted by molar-refractivity contribution is 0.355. The topological polar surface area (TPSA) is 46.2 Å². The van der Waals surface area contributed by atoms with Crippen LogP contribution in [0.3, 0.4) is 0 Å². The van der Waals surface area contributed by atoms with E-state index in [2.05, 4.69) is 19.2 Å². The highest BCUT2D eigenvalue weighted by atomic mass is 32.2. The lowest BCUT2D eigenvalue weighted by Crippen LogP contribution is -2.37. The molecule has 0 aromatic rings. The highest BCUT2D eigenvalue weighted by Crippen LogP contribution is 2.50. The van der Waals surface area contributed by atoms with Crippen molar-refractivity contribution in [2.24, 2.45) is 11.3 Å². The minimum Gasteiger partial charge on any atom is -0.313 e. The van der Waals surface area contributed by atoms with Gasteiger partial charge in [-0.15, -0.1) is 0 Å². The van der Waals surface area contributed by atoms with Crippen LogP contribution in [0.1, 0.15) is 40.0 Å². The van der Waals surface area contributed by atoms with E-state index in [1.54, 1.807) is 0 Å². The van der Waals surface area contributed by atoms with E-state index in [9.17, 15) is 8.42 Å². The van der Waals surface area contributed by atoms with E-state index in [-0.39, 0.29) is 11.8 Å². The Hall–Kier alpha value is -0.0900. The van der Waals surface area contributed by atoms with Crippen LogP contribution in [-0.4, -0.2) is 33.0 Å². The molecule has 0 radical (unpaired) electrons. The fourth-order valence-electron chi connectivity index (χ4n) is 2.40. The molecular weight excluding hydrogens is 222 g/mol. The van der Waals surface area contributed by atoms with Crippen molar-refractivity contribution >= 4 is 9.84 Å². The molecule has 1 fully saturated rings. The maximum absolute atomic E-state index is 11.1. The fraction of sp³-hybridized carbons (Fsp3) is 1.00. The molecule has 1 N–H and O–H groups in total. The van der Waals surface area contributed by atoms with Crippen molar-refractivity contribution in [2.45, 2.75) is 46.1 Å². The minimum absolute atomic E-state index is 0.0691. The molecule has 3 nitrogen and oxygen atoms in total. The molecule has 0 heterocycles. The van der Waals surface area contributed by atoms with Crippen molar-refractivity contribution in [1.82, 2.24) is 5.32 Å². The zero-order valence-corrected chi connectivity index (χ0v) is 11.7. The van der Waals surface area contributed by atoms with Crippen LogP contribution in [0, 0.1) is 11.3 Å². The number of rotatable bonds is 7. The largest absolute Gasteiger partial charge is 0.313 e. The van der Waals surface area contributed by atoms with Crippen LogP contribution in [-0.2, 0) is 9.84 Å². The zero-order valence-electron chi connectivity index (χ0n) is 10.9. The van der Waals surface area contributed by atoms with Crippen molar-refractivity contribution in [3.63, 3.8) is 0 Å². The van der Waals surface area contributed by atoms with E-state index in [0.29, 0.717) is 5.41 Å². The summed E-state index contributed by atoms with van der Waals surface area (Å²) in [5, 5.41) is 3.37. The van der Waals surface area contributed by atoms with Gasteiger partial charge in [0, 0.05) is 18.8 Å². The van der Waals surface area contributed by atoms with Gasteiger partial charge in [0.1, 0.15) is 9.84 Å². The minimum atomic E-state index is -2.86. The Kier molecular flexibility index (Phi) is 4.41. The van der Waals surface area contributed by atoms with Gasteiger partial charge in [0.05, 0.1) is 5.75 Å². The Morgan fingerprint density at radius 3 is 2.19 bits per heavy atom. The molecule has 1 unspecified atom stereocenters. The van der Waals surface area contributed by atoms with Gasteiger partial charge in [-0.1, -0.05) is 13.8 Å². The normalized spacial score (nSPS) is 21.1. The van der Waals surface area contributed by atoms with Gasteiger partial charge in [0.2, 0.25) is 0 Å².